The Balaban J connectivity index is 2.30. The highest BCUT2D eigenvalue weighted by Gasteiger charge is 2.08. The summed E-state index contributed by atoms with van der Waals surface area (Å²) in [5, 5.41) is 0. The molecule has 0 unspecified atom stereocenters. The van der Waals surface area contributed by atoms with Crippen LogP contribution in [0.25, 0.3) is 0 Å². The highest BCUT2D eigenvalue weighted by atomic mass is 15.2. The molecule has 1 rings (SSSR count). The Bertz CT molecular complexity index is 129. The SMILES string of the molecule is CCCN1CCN=C(C)C1. The van der Waals surface area contributed by atoms with E-state index in [-0.39, 0.29) is 0 Å². The van der Waals surface area contributed by atoms with Gasteiger partial charge in [0, 0.05) is 18.8 Å². The van der Waals surface area contributed by atoms with Crippen LogP contribution in [0.15, 0.2) is 4.99 Å². The zero-order valence-corrected chi connectivity index (χ0v) is 6.93. The van der Waals surface area contributed by atoms with Gasteiger partial charge in [-0.05, 0) is 19.9 Å². The van der Waals surface area contributed by atoms with E-state index in [0.717, 1.165) is 19.6 Å². The van der Waals surface area contributed by atoms with Gasteiger partial charge in [-0.25, -0.2) is 0 Å². The minimum Gasteiger partial charge on any atom is -0.296 e. The summed E-state index contributed by atoms with van der Waals surface area (Å²) in [6.45, 7) is 8.82. The van der Waals surface area contributed by atoms with E-state index >= 15 is 0 Å². The molecule has 0 spiro atoms. The molecule has 0 aromatic carbocycles. The summed E-state index contributed by atoms with van der Waals surface area (Å²) in [7, 11) is 0. The van der Waals surface area contributed by atoms with Gasteiger partial charge < -0.3 is 0 Å². The van der Waals surface area contributed by atoms with Crippen molar-refractivity contribution in [1.29, 1.82) is 0 Å². The summed E-state index contributed by atoms with van der Waals surface area (Å²) in [4.78, 5) is 6.80. The van der Waals surface area contributed by atoms with Crippen molar-refractivity contribution in [2.75, 3.05) is 26.2 Å². The highest BCUT2D eigenvalue weighted by Crippen LogP contribution is 1.98. The fourth-order valence-electron chi connectivity index (χ4n) is 1.34. The summed E-state index contributed by atoms with van der Waals surface area (Å²) < 4.78 is 0. The van der Waals surface area contributed by atoms with E-state index in [4.69, 9.17) is 0 Å². The molecule has 1 aliphatic heterocycles. The molecule has 0 aromatic heterocycles. The monoisotopic (exact) mass is 140 g/mol. The molecule has 0 aliphatic carbocycles. The molecule has 0 aromatic rings. The van der Waals surface area contributed by atoms with E-state index in [1.54, 1.807) is 0 Å². The van der Waals surface area contributed by atoms with E-state index in [9.17, 15) is 0 Å². The minimum atomic E-state index is 1.01. The van der Waals surface area contributed by atoms with Gasteiger partial charge in [-0.1, -0.05) is 6.92 Å². The van der Waals surface area contributed by atoms with Crippen molar-refractivity contribution in [1.82, 2.24) is 4.90 Å². The fourth-order valence-corrected chi connectivity index (χ4v) is 1.34. The van der Waals surface area contributed by atoms with Crippen molar-refractivity contribution >= 4 is 5.71 Å². The molecule has 0 bridgehead atoms. The van der Waals surface area contributed by atoms with Gasteiger partial charge in [0.15, 0.2) is 0 Å². The minimum absolute atomic E-state index is 1.01. The lowest BCUT2D eigenvalue weighted by Gasteiger charge is -2.24. The van der Waals surface area contributed by atoms with E-state index in [0.29, 0.717) is 0 Å². The first-order valence-corrected chi connectivity index (χ1v) is 4.05. The molecule has 2 nitrogen and oxygen atoms in total. The lowest BCUT2D eigenvalue weighted by atomic mass is 10.3. The summed E-state index contributed by atoms with van der Waals surface area (Å²) in [6.07, 6.45) is 1.26. The Morgan fingerprint density at radius 1 is 1.60 bits per heavy atom. The van der Waals surface area contributed by atoms with E-state index < -0.39 is 0 Å². The Hall–Kier alpha value is -0.370. The number of hydrogen-bond donors (Lipinski definition) is 0. The van der Waals surface area contributed by atoms with Gasteiger partial charge >= 0.3 is 0 Å². The zero-order chi connectivity index (χ0) is 7.40. The maximum absolute atomic E-state index is 4.34. The van der Waals surface area contributed by atoms with Crippen molar-refractivity contribution in [3.63, 3.8) is 0 Å². The number of nitrogens with zero attached hydrogens (tertiary/aromatic N) is 2. The van der Waals surface area contributed by atoms with Crippen LogP contribution in [0.3, 0.4) is 0 Å². The van der Waals surface area contributed by atoms with Crippen LogP contribution in [-0.4, -0.2) is 36.8 Å². The first kappa shape index (κ1) is 7.73. The topological polar surface area (TPSA) is 15.6 Å². The molecule has 0 fully saturated rings. The third-order valence-electron chi connectivity index (χ3n) is 1.79. The first-order valence-electron chi connectivity index (χ1n) is 4.05. The van der Waals surface area contributed by atoms with Crippen LogP contribution in [0.1, 0.15) is 20.3 Å². The van der Waals surface area contributed by atoms with Crippen LogP contribution in [0, 0.1) is 0 Å². The van der Waals surface area contributed by atoms with Gasteiger partial charge in [-0.3, -0.25) is 9.89 Å². The first-order chi connectivity index (χ1) is 4.83. The fraction of sp³-hybridized carbons (Fsp3) is 0.875. The molecule has 1 aliphatic rings. The number of hydrogen-bond acceptors (Lipinski definition) is 2. The van der Waals surface area contributed by atoms with Crippen molar-refractivity contribution < 1.29 is 0 Å². The molecular weight excluding hydrogens is 124 g/mol. The summed E-state index contributed by atoms with van der Waals surface area (Å²) in [5.41, 5.74) is 1.29. The van der Waals surface area contributed by atoms with Crippen LogP contribution < -0.4 is 0 Å². The van der Waals surface area contributed by atoms with Gasteiger partial charge in [0.1, 0.15) is 0 Å². The molecule has 0 amide bonds. The number of aliphatic imine (C=N–C) groups is 1. The average molecular weight is 140 g/mol. The lowest BCUT2D eigenvalue weighted by molar-refractivity contribution is 0.310. The zero-order valence-electron chi connectivity index (χ0n) is 6.93. The largest absolute Gasteiger partial charge is 0.296 e. The van der Waals surface area contributed by atoms with E-state index in [2.05, 4.69) is 23.7 Å². The second-order valence-electron chi connectivity index (χ2n) is 2.89. The second-order valence-corrected chi connectivity index (χ2v) is 2.89. The molecule has 0 radical (unpaired) electrons. The second kappa shape index (κ2) is 3.71. The predicted octanol–water partition coefficient (Wildman–Crippen LogP) is 1.17. The van der Waals surface area contributed by atoms with E-state index in [1.807, 2.05) is 0 Å². The lowest BCUT2D eigenvalue weighted by Crippen LogP contribution is -2.35. The van der Waals surface area contributed by atoms with Crippen molar-refractivity contribution in [2.24, 2.45) is 4.99 Å². The van der Waals surface area contributed by atoms with Crippen LogP contribution in [-0.2, 0) is 0 Å². The van der Waals surface area contributed by atoms with Gasteiger partial charge in [0.25, 0.3) is 0 Å². The van der Waals surface area contributed by atoms with Crippen LogP contribution in [0.2, 0.25) is 0 Å². The quantitative estimate of drug-likeness (QED) is 0.562. The van der Waals surface area contributed by atoms with Crippen molar-refractivity contribution in [2.45, 2.75) is 20.3 Å². The molecule has 10 heavy (non-hydrogen) atoms. The summed E-state index contributed by atoms with van der Waals surface area (Å²) >= 11 is 0. The molecule has 0 saturated heterocycles. The Labute approximate surface area is 62.9 Å². The maximum atomic E-state index is 4.34. The third kappa shape index (κ3) is 2.10. The van der Waals surface area contributed by atoms with E-state index in [1.165, 1.54) is 18.7 Å². The maximum Gasteiger partial charge on any atom is 0.0516 e. The average Bonchev–Trinajstić information content (AvgIpc) is 1.88. The predicted molar refractivity (Wildman–Crippen MR) is 44.7 cm³/mol. The molecule has 0 atom stereocenters. The third-order valence-corrected chi connectivity index (χ3v) is 1.79. The smallest absolute Gasteiger partial charge is 0.0516 e. The summed E-state index contributed by atoms with van der Waals surface area (Å²) in [6, 6.07) is 0. The van der Waals surface area contributed by atoms with Crippen molar-refractivity contribution in [3.05, 3.63) is 0 Å². The highest BCUT2D eigenvalue weighted by molar-refractivity contribution is 5.84. The molecule has 1 heterocycles. The Kier molecular flexibility index (Phi) is 2.87. The van der Waals surface area contributed by atoms with Gasteiger partial charge in [-0.15, -0.1) is 0 Å². The normalized spacial score (nSPS) is 20.8. The molecule has 0 N–H and O–H groups in total. The van der Waals surface area contributed by atoms with Crippen LogP contribution >= 0.6 is 0 Å². The molecule has 58 valence electrons. The van der Waals surface area contributed by atoms with Gasteiger partial charge in [-0.2, -0.15) is 0 Å². The Morgan fingerprint density at radius 2 is 2.40 bits per heavy atom. The van der Waals surface area contributed by atoms with Crippen molar-refractivity contribution in [3.8, 4) is 0 Å². The van der Waals surface area contributed by atoms with Gasteiger partial charge in [0.05, 0.1) is 6.54 Å². The Morgan fingerprint density at radius 3 is 3.00 bits per heavy atom. The number of rotatable bonds is 2. The molecule has 0 saturated carbocycles. The molecule has 2 heteroatoms. The standard InChI is InChI=1S/C8H16N2/c1-3-5-10-6-4-9-8(2)7-10/h3-7H2,1-2H3. The van der Waals surface area contributed by atoms with Crippen LogP contribution in [0.5, 0.6) is 0 Å². The van der Waals surface area contributed by atoms with Gasteiger partial charge in [0.2, 0.25) is 0 Å². The van der Waals surface area contributed by atoms with Crippen LogP contribution in [0.4, 0.5) is 0 Å². The molecular formula is C8H16N2. The summed E-state index contributed by atoms with van der Waals surface area (Å²) in [5.74, 6) is 0.